The third-order valence-electron chi connectivity index (χ3n) is 6.59. The van der Waals surface area contributed by atoms with Crippen molar-refractivity contribution in [1.82, 2.24) is 10.2 Å². The van der Waals surface area contributed by atoms with Crippen LogP contribution in [-0.4, -0.2) is 43.2 Å². The van der Waals surface area contributed by atoms with Gasteiger partial charge in [-0.3, -0.25) is 0 Å². The van der Waals surface area contributed by atoms with Crippen LogP contribution in [0.2, 0.25) is 0 Å². The van der Waals surface area contributed by atoms with Gasteiger partial charge in [0.1, 0.15) is 22.9 Å². The van der Waals surface area contributed by atoms with Crippen LogP contribution in [0.5, 0.6) is 0 Å². The number of anilines is 1. The van der Waals surface area contributed by atoms with Crippen LogP contribution in [0.25, 0.3) is 15.7 Å². The monoisotopic (exact) mass is 465 g/mol. The molecule has 162 valence electrons. The maximum absolute atomic E-state index is 15.5. The fourth-order valence-corrected chi connectivity index (χ4v) is 6.60. The van der Waals surface area contributed by atoms with Crippen LogP contribution in [-0.2, 0) is 4.74 Å². The molecule has 4 aliphatic rings. The van der Waals surface area contributed by atoms with Gasteiger partial charge in [0.15, 0.2) is 5.96 Å². The minimum Gasteiger partial charge on any atom is -0.389 e. The molecule has 0 amide bonds. The first kappa shape index (κ1) is 19.9. The van der Waals surface area contributed by atoms with Crippen LogP contribution >= 0.6 is 20.6 Å². The average molecular weight is 465 g/mol. The van der Waals surface area contributed by atoms with Crippen molar-refractivity contribution in [1.29, 1.82) is 5.26 Å². The second-order valence-electron chi connectivity index (χ2n) is 8.32. The van der Waals surface area contributed by atoms with Gasteiger partial charge in [-0.15, -0.1) is 20.6 Å². The zero-order valence-corrected chi connectivity index (χ0v) is 19.2. The number of nitrogen functional groups attached to an aromatic ring is 1. The van der Waals surface area contributed by atoms with Gasteiger partial charge in [-0.1, -0.05) is 0 Å². The van der Waals surface area contributed by atoms with Crippen molar-refractivity contribution in [2.75, 3.05) is 32.0 Å². The number of nitriles is 1. The first-order valence-electron chi connectivity index (χ1n) is 10.6. The Kier molecular flexibility index (Phi) is 4.62. The van der Waals surface area contributed by atoms with Crippen molar-refractivity contribution >= 4 is 47.2 Å². The van der Waals surface area contributed by atoms with E-state index in [1.54, 1.807) is 6.07 Å². The lowest BCUT2D eigenvalue weighted by Gasteiger charge is -2.33. The van der Waals surface area contributed by atoms with Crippen LogP contribution in [0.15, 0.2) is 45.4 Å². The van der Waals surface area contributed by atoms with Crippen molar-refractivity contribution in [3.05, 3.63) is 57.3 Å². The quantitative estimate of drug-likeness (QED) is 0.627. The molecule has 0 saturated carbocycles. The molecule has 9 heteroatoms. The number of nitrogens with zero attached hydrogens (tertiary/aromatic N) is 3. The number of halogens is 1. The Bertz CT molecular complexity index is 1340. The van der Waals surface area contributed by atoms with E-state index in [2.05, 4.69) is 25.5 Å². The number of nitrogens with two attached hydrogens (primary N) is 1. The molecular weight excluding hydrogens is 444 g/mol. The number of thiophene rings is 1. The number of ether oxygens (including phenoxy) is 1. The van der Waals surface area contributed by atoms with Crippen LogP contribution in [0.4, 0.5) is 9.39 Å². The molecule has 32 heavy (non-hydrogen) atoms. The molecule has 3 aliphatic heterocycles. The highest BCUT2D eigenvalue weighted by molar-refractivity contribution is 7.23. The standard InChI is InChI=1S/C23H21FN5OPS/c24-15-3-4-16-17(11(7-25)22(26)32-16)19(15)18-14-10-30-9-13(14)12-8-27-23(28-20(12)21(18)31)29-5-1-2-6-29/h3-4,8,20H,1-2,5-6,9-10,26,31H2,(H,27,28). The van der Waals surface area contributed by atoms with Crippen molar-refractivity contribution in [3.63, 3.8) is 0 Å². The largest absolute Gasteiger partial charge is 0.389 e. The highest BCUT2D eigenvalue weighted by atomic mass is 32.1. The molecule has 1 aromatic carbocycles. The zero-order valence-electron chi connectivity index (χ0n) is 17.2. The highest BCUT2D eigenvalue weighted by Gasteiger charge is 2.38. The van der Waals surface area contributed by atoms with Gasteiger partial charge in [-0.2, -0.15) is 5.26 Å². The van der Waals surface area contributed by atoms with Crippen molar-refractivity contribution in [3.8, 4) is 6.07 Å². The minimum atomic E-state index is -0.370. The first-order chi connectivity index (χ1) is 15.6. The summed E-state index contributed by atoms with van der Waals surface area (Å²) < 4.78 is 22.1. The van der Waals surface area contributed by atoms with Crippen molar-refractivity contribution in [2.24, 2.45) is 4.99 Å². The number of rotatable bonds is 1. The molecule has 1 fully saturated rings. The van der Waals surface area contributed by atoms with Crippen LogP contribution in [0.3, 0.4) is 0 Å². The summed E-state index contributed by atoms with van der Waals surface area (Å²) in [5, 5.41) is 15.0. The second kappa shape index (κ2) is 7.41. The number of aliphatic imine (C=N–C) groups is 1. The van der Waals surface area contributed by atoms with Gasteiger partial charge in [0.2, 0.25) is 0 Å². The predicted octanol–water partition coefficient (Wildman–Crippen LogP) is 3.73. The molecule has 2 aromatic rings. The molecule has 4 heterocycles. The third-order valence-corrected chi connectivity index (χ3v) is 8.18. The first-order valence-corrected chi connectivity index (χ1v) is 12.0. The molecule has 2 unspecified atom stereocenters. The number of nitrogens with one attached hydrogen (secondary N) is 1. The Labute approximate surface area is 191 Å². The smallest absolute Gasteiger partial charge is 0.198 e. The molecular formula is C23H21FN5OPS. The minimum absolute atomic E-state index is 0.247. The molecule has 0 bridgehead atoms. The lowest BCUT2D eigenvalue weighted by Crippen LogP contribution is -2.42. The summed E-state index contributed by atoms with van der Waals surface area (Å²) in [7, 11) is 2.81. The summed E-state index contributed by atoms with van der Waals surface area (Å²) in [5.41, 5.74) is 10.7. The topological polar surface area (TPSA) is 86.7 Å². The lowest BCUT2D eigenvalue weighted by molar-refractivity contribution is 0.207. The molecule has 6 rings (SSSR count). The van der Waals surface area contributed by atoms with Crippen LogP contribution in [0, 0.1) is 17.1 Å². The Morgan fingerprint density at radius 2 is 2.06 bits per heavy atom. The normalized spacial score (nSPS) is 22.5. The lowest BCUT2D eigenvalue weighted by atomic mass is 9.81. The summed E-state index contributed by atoms with van der Waals surface area (Å²) in [5.74, 6) is 0.486. The van der Waals surface area contributed by atoms with Gasteiger partial charge < -0.3 is 20.7 Å². The van der Waals surface area contributed by atoms with Gasteiger partial charge in [0.25, 0.3) is 0 Å². The van der Waals surface area contributed by atoms with E-state index in [1.807, 2.05) is 6.20 Å². The van der Waals surface area contributed by atoms with E-state index in [0.29, 0.717) is 34.7 Å². The number of guanidine groups is 1. The molecule has 2 atom stereocenters. The summed E-state index contributed by atoms with van der Waals surface area (Å²) in [6, 6.07) is 5.10. The summed E-state index contributed by atoms with van der Waals surface area (Å²) in [6.45, 7) is 2.82. The van der Waals surface area contributed by atoms with Crippen LogP contribution in [0.1, 0.15) is 24.0 Å². The average Bonchev–Trinajstić information content (AvgIpc) is 3.54. The van der Waals surface area contributed by atoms with Crippen molar-refractivity contribution < 1.29 is 9.13 Å². The Morgan fingerprint density at radius 3 is 2.84 bits per heavy atom. The summed E-state index contributed by atoms with van der Waals surface area (Å²) in [4.78, 5) is 7.30. The molecule has 1 saturated heterocycles. The fraction of sp³-hybridized carbons (Fsp3) is 0.304. The van der Waals surface area contributed by atoms with Crippen LogP contribution < -0.4 is 11.1 Å². The summed E-state index contributed by atoms with van der Waals surface area (Å²) in [6.07, 6.45) is 4.34. The molecule has 0 radical (unpaired) electrons. The second-order valence-corrected chi connectivity index (χ2v) is 10.0. The zero-order chi connectivity index (χ0) is 22.0. The predicted molar refractivity (Wildman–Crippen MR) is 129 cm³/mol. The fourth-order valence-electron chi connectivity index (χ4n) is 5.10. The van der Waals surface area contributed by atoms with E-state index in [1.165, 1.54) is 17.4 Å². The third kappa shape index (κ3) is 2.78. The van der Waals surface area contributed by atoms with Gasteiger partial charge in [-0.25, -0.2) is 9.38 Å². The molecule has 0 spiro atoms. The van der Waals surface area contributed by atoms with Crippen molar-refractivity contribution in [2.45, 2.75) is 18.9 Å². The molecule has 1 aliphatic carbocycles. The van der Waals surface area contributed by atoms with E-state index in [9.17, 15) is 5.26 Å². The van der Waals surface area contributed by atoms with E-state index in [4.69, 9.17) is 15.5 Å². The van der Waals surface area contributed by atoms with Gasteiger partial charge in [0, 0.05) is 40.5 Å². The summed E-state index contributed by atoms with van der Waals surface area (Å²) >= 11 is 1.31. The Hall–Kier alpha value is -2.72. The Balaban J connectivity index is 1.60. The molecule has 1 aromatic heterocycles. The SMILES string of the molecule is N#Cc1c(N)sc2ccc(F)c(C3=C(P)C4N=C(N5CCCC5)NC=C4C4=C3COC4)c12. The molecule has 3 N–H and O–H groups in total. The van der Waals surface area contributed by atoms with Gasteiger partial charge >= 0.3 is 0 Å². The maximum atomic E-state index is 15.5. The maximum Gasteiger partial charge on any atom is 0.198 e. The number of likely N-dealkylation sites (tertiary alicyclic amines) is 1. The molecule has 6 nitrogen and oxygen atoms in total. The van der Waals surface area contributed by atoms with Gasteiger partial charge in [0.05, 0.1) is 18.8 Å². The highest BCUT2D eigenvalue weighted by Crippen LogP contribution is 2.50. The number of hydrogen-bond acceptors (Lipinski definition) is 7. The van der Waals surface area contributed by atoms with E-state index >= 15 is 4.39 Å². The van der Waals surface area contributed by atoms with E-state index in [-0.39, 0.29) is 11.9 Å². The number of benzene rings is 1. The number of hydrogen-bond donors (Lipinski definition) is 2. The van der Waals surface area contributed by atoms with Gasteiger partial charge in [-0.05, 0) is 47.0 Å². The number of fused-ring (bicyclic) bond motifs is 3. The van der Waals surface area contributed by atoms with E-state index < -0.39 is 0 Å². The van der Waals surface area contributed by atoms with E-state index in [0.717, 1.165) is 64.2 Å². The Morgan fingerprint density at radius 1 is 1.28 bits per heavy atom.